The fourth-order valence-corrected chi connectivity index (χ4v) is 14.1. The van der Waals surface area contributed by atoms with Crippen molar-refractivity contribution >= 4 is 54.0 Å². The van der Waals surface area contributed by atoms with E-state index in [1.807, 2.05) is 12.1 Å². The van der Waals surface area contributed by atoms with E-state index in [2.05, 4.69) is 164 Å². The van der Waals surface area contributed by atoms with Gasteiger partial charge in [-0.2, -0.15) is 0 Å². The van der Waals surface area contributed by atoms with E-state index >= 15 is 0 Å². The Labute approximate surface area is 269 Å². The van der Waals surface area contributed by atoms with Crippen LogP contribution in [0, 0.1) is 0 Å². The standard InChI is InChI=1S/C38H39BrN3OP/c39-44(34-18-7-2-8-19-34,35-20-9-3-10-21-35,36-22-11-4-12-23-36)31-32-15-13-14-24-37(32)40-38(43)25-26-41-27-29-42(30-28-41)33-16-5-1-6-17-33/h1-24H,25-31H2,(H,40,43). The Kier molecular flexibility index (Phi) is 9.28. The molecule has 0 aliphatic carbocycles. The maximum atomic E-state index is 13.4. The van der Waals surface area contributed by atoms with Gasteiger partial charge in [0, 0.05) is 0 Å². The molecule has 5 aromatic rings. The number of halogens is 1. The molecule has 5 aromatic carbocycles. The first kappa shape index (κ1) is 30.3. The SMILES string of the molecule is O=C(CCN1CCN(c2ccccc2)CC1)Nc1ccccc1CP(Br)(c1ccccc1)(c1ccccc1)c1ccccc1. The van der Waals surface area contributed by atoms with Gasteiger partial charge in [0.15, 0.2) is 0 Å². The van der Waals surface area contributed by atoms with E-state index in [-0.39, 0.29) is 5.91 Å². The molecule has 6 heteroatoms. The van der Waals surface area contributed by atoms with Crippen molar-refractivity contribution in [2.24, 2.45) is 0 Å². The molecule has 1 aliphatic heterocycles. The summed E-state index contributed by atoms with van der Waals surface area (Å²) in [5.41, 5.74) is 3.26. The molecule has 1 heterocycles. The van der Waals surface area contributed by atoms with Crippen molar-refractivity contribution < 1.29 is 4.79 Å². The molecule has 0 radical (unpaired) electrons. The minimum atomic E-state index is -3.20. The topological polar surface area (TPSA) is 35.6 Å². The van der Waals surface area contributed by atoms with Gasteiger partial charge in [-0.15, -0.1) is 0 Å². The molecule has 6 rings (SSSR count). The Bertz CT molecular complexity index is 1560. The Hall–Kier alpha value is -3.76. The first-order valence-electron chi connectivity index (χ1n) is 15.3. The Morgan fingerprint density at radius 2 is 1.07 bits per heavy atom. The number of para-hydroxylation sites is 2. The molecular formula is C38H39BrN3OP. The molecule has 1 aliphatic rings. The molecule has 1 saturated heterocycles. The van der Waals surface area contributed by atoms with Gasteiger partial charge in [0.25, 0.3) is 0 Å². The first-order valence-corrected chi connectivity index (χ1v) is 19.8. The molecular weight excluding hydrogens is 625 g/mol. The summed E-state index contributed by atoms with van der Waals surface area (Å²) in [7, 11) is 0. The summed E-state index contributed by atoms with van der Waals surface area (Å²) in [4.78, 5) is 18.2. The molecule has 0 spiro atoms. The van der Waals surface area contributed by atoms with Crippen molar-refractivity contribution in [2.45, 2.75) is 12.6 Å². The van der Waals surface area contributed by atoms with Crippen LogP contribution < -0.4 is 26.1 Å². The van der Waals surface area contributed by atoms with E-state index in [1.54, 1.807) is 0 Å². The van der Waals surface area contributed by atoms with Crippen molar-refractivity contribution in [1.29, 1.82) is 0 Å². The predicted molar refractivity (Wildman–Crippen MR) is 193 cm³/mol. The van der Waals surface area contributed by atoms with Crippen LogP contribution in [0.5, 0.6) is 0 Å². The van der Waals surface area contributed by atoms with E-state index < -0.39 is 5.31 Å². The monoisotopic (exact) mass is 663 g/mol. The molecule has 44 heavy (non-hydrogen) atoms. The van der Waals surface area contributed by atoms with Crippen LogP contribution in [0.15, 0.2) is 146 Å². The van der Waals surface area contributed by atoms with Gasteiger partial charge in [-0.25, -0.2) is 0 Å². The van der Waals surface area contributed by atoms with Crippen molar-refractivity contribution in [1.82, 2.24) is 4.90 Å². The average Bonchev–Trinajstić information content (AvgIpc) is 3.10. The number of amides is 1. The zero-order chi connectivity index (χ0) is 30.3. The van der Waals surface area contributed by atoms with Gasteiger partial charge in [-0.3, -0.25) is 0 Å². The van der Waals surface area contributed by atoms with Crippen molar-refractivity contribution in [3.8, 4) is 0 Å². The number of hydrogen-bond acceptors (Lipinski definition) is 3. The molecule has 1 N–H and O–H groups in total. The minimum absolute atomic E-state index is 0.0527. The van der Waals surface area contributed by atoms with Crippen molar-refractivity contribution in [3.63, 3.8) is 0 Å². The number of carbonyl (C=O) groups is 1. The summed E-state index contributed by atoms with van der Waals surface area (Å²) in [6.07, 6.45) is 1.19. The molecule has 0 bridgehead atoms. The summed E-state index contributed by atoms with van der Waals surface area (Å²) in [5, 5.41) is 3.87. The van der Waals surface area contributed by atoms with Crippen LogP contribution >= 0.6 is 20.8 Å². The molecule has 4 nitrogen and oxygen atoms in total. The maximum absolute atomic E-state index is 13.4. The van der Waals surface area contributed by atoms with E-state index in [9.17, 15) is 4.79 Å². The molecule has 1 amide bonds. The number of rotatable bonds is 10. The third-order valence-electron chi connectivity index (χ3n) is 8.79. The second kappa shape index (κ2) is 13.5. The van der Waals surface area contributed by atoms with Crippen LogP contribution in [0.1, 0.15) is 12.0 Å². The number of nitrogens with one attached hydrogen (secondary N) is 1. The summed E-state index contributed by atoms with van der Waals surface area (Å²) < 4.78 is 0. The second-order valence-corrected chi connectivity index (χ2v) is 20.4. The normalized spacial score (nSPS) is 14.8. The summed E-state index contributed by atoms with van der Waals surface area (Å²) in [5.74, 6) is 0.0527. The summed E-state index contributed by atoms with van der Waals surface area (Å²) >= 11 is 4.57. The van der Waals surface area contributed by atoms with Gasteiger partial charge in [0.2, 0.25) is 0 Å². The van der Waals surface area contributed by atoms with Gasteiger partial charge in [0.05, 0.1) is 0 Å². The van der Waals surface area contributed by atoms with E-state index in [0.717, 1.165) is 50.1 Å². The molecule has 0 aromatic heterocycles. The molecule has 0 unspecified atom stereocenters. The number of nitrogens with zero attached hydrogens (tertiary/aromatic N) is 2. The molecule has 0 atom stereocenters. The van der Waals surface area contributed by atoms with Gasteiger partial charge in [0.1, 0.15) is 0 Å². The van der Waals surface area contributed by atoms with Crippen molar-refractivity contribution in [3.05, 3.63) is 151 Å². The zero-order valence-electron chi connectivity index (χ0n) is 24.9. The predicted octanol–water partition coefficient (Wildman–Crippen LogP) is 7.18. The first-order chi connectivity index (χ1) is 21.5. The fraction of sp³-hybridized carbons (Fsp3) is 0.184. The van der Waals surface area contributed by atoms with Gasteiger partial charge in [-0.05, 0) is 12.1 Å². The van der Waals surface area contributed by atoms with Crippen LogP contribution in [0.4, 0.5) is 11.4 Å². The third kappa shape index (κ3) is 6.23. The van der Waals surface area contributed by atoms with Crippen LogP contribution in [-0.4, -0.2) is 43.5 Å². The number of carbonyl (C=O) groups excluding carboxylic acids is 1. The van der Waals surface area contributed by atoms with Crippen LogP contribution in [0.25, 0.3) is 0 Å². The quantitative estimate of drug-likeness (QED) is 0.161. The van der Waals surface area contributed by atoms with Gasteiger partial charge in [-0.1, -0.05) is 18.2 Å². The van der Waals surface area contributed by atoms with Gasteiger partial charge < -0.3 is 0 Å². The molecule has 224 valence electrons. The van der Waals surface area contributed by atoms with E-state index in [4.69, 9.17) is 0 Å². The van der Waals surface area contributed by atoms with Gasteiger partial charge >= 0.3 is 240 Å². The fourth-order valence-electron chi connectivity index (χ4n) is 6.38. The number of benzene rings is 5. The van der Waals surface area contributed by atoms with E-state index in [1.165, 1.54) is 21.6 Å². The van der Waals surface area contributed by atoms with Crippen LogP contribution in [-0.2, 0) is 11.0 Å². The van der Waals surface area contributed by atoms with E-state index in [0.29, 0.717) is 6.42 Å². The number of piperazine rings is 1. The zero-order valence-corrected chi connectivity index (χ0v) is 27.4. The summed E-state index contributed by atoms with van der Waals surface area (Å²) in [6, 6.07) is 51.3. The third-order valence-corrected chi connectivity index (χ3v) is 18.3. The Morgan fingerprint density at radius 3 is 1.59 bits per heavy atom. The van der Waals surface area contributed by atoms with Crippen molar-refractivity contribution in [2.75, 3.05) is 42.9 Å². The van der Waals surface area contributed by atoms with Crippen LogP contribution in [0.2, 0.25) is 0 Å². The molecule has 1 fully saturated rings. The number of hydrogen-bond donors (Lipinski definition) is 1. The Balaban J connectivity index is 1.24. The average molecular weight is 665 g/mol. The Morgan fingerprint density at radius 1 is 0.614 bits per heavy atom. The van der Waals surface area contributed by atoms with Crippen LogP contribution in [0.3, 0.4) is 0 Å². The number of anilines is 2. The molecule has 0 saturated carbocycles. The second-order valence-electron chi connectivity index (χ2n) is 11.5. The summed E-state index contributed by atoms with van der Waals surface area (Å²) in [6.45, 7) is 4.63.